The summed E-state index contributed by atoms with van der Waals surface area (Å²) in [5.74, 6) is 1.27. The van der Waals surface area contributed by atoms with E-state index in [9.17, 15) is 13.2 Å². The van der Waals surface area contributed by atoms with Crippen molar-refractivity contribution in [1.82, 2.24) is 4.90 Å². The highest BCUT2D eigenvalue weighted by atomic mass is 127. The van der Waals surface area contributed by atoms with Gasteiger partial charge < -0.3 is 20.5 Å². The molecule has 1 aromatic rings. The fraction of sp³-hybridized carbons (Fsp3) is 0.533. The molecule has 1 aliphatic heterocycles. The van der Waals surface area contributed by atoms with E-state index in [1.54, 1.807) is 18.2 Å². The fourth-order valence-corrected chi connectivity index (χ4v) is 2.61. The number of aliphatic imine (C=N–C) groups is 1. The predicted molar refractivity (Wildman–Crippen MR) is 101 cm³/mol. The molecule has 1 saturated heterocycles. The average Bonchev–Trinajstić information content (AvgIpc) is 2.91. The number of nitrogens with zero attached hydrogens (tertiary/aromatic N) is 2. The number of hydrogen-bond acceptors (Lipinski definition) is 4. The Labute approximate surface area is 161 Å². The molecule has 142 valence electrons. The smallest absolute Gasteiger partial charge is 0.401 e. The number of nitrogens with one attached hydrogen (secondary N) is 1. The number of benzene rings is 1. The van der Waals surface area contributed by atoms with Crippen LogP contribution >= 0.6 is 24.0 Å². The fourth-order valence-electron chi connectivity index (χ4n) is 2.61. The van der Waals surface area contributed by atoms with Crippen LogP contribution in [0.5, 0.6) is 11.5 Å². The number of nitrogens with two attached hydrogens (primary N) is 1. The van der Waals surface area contributed by atoms with E-state index in [-0.39, 0.29) is 42.5 Å². The summed E-state index contributed by atoms with van der Waals surface area (Å²) in [4.78, 5) is 5.58. The standard InChI is InChI=1S/C15H21F3N4O2.HI/c1-23-12-4-3-10(7-13(12)24-2)20-14(19)21-11-5-6-22(8-11)9-15(16,17)18;/h3-4,7,11H,5-6,8-9H2,1-2H3,(H3,19,20,21);1H. The summed E-state index contributed by atoms with van der Waals surface area (Å²) in [6.45, 7) is -0.312. The minimum atomic E-state index is -4.19. The van der Waals surface area contributed by atoms with Gasteiger partial charge in [0.2, 0.25) is 0 Å². The molecule has 0 amide bonds. The molecule has 0 aromatic heterocycles. The van der Waals surface area contributed by atoms with Crippen molar-refractivity contribution >= 4 is 35.6 Å². The van der Waals surface area contributed by atoms with Crippen molar-refractivity contribution in [3.05, 3.63) is 18.2 Å². The van der Waals surface area contributed by atoms with Gasteiger partial charge in [-0.3, -0.25) is 4.90 Å². The van der Waals surface area contributed by atoms with Gasteiger partial charge in [0.25, 0.3) is 0 Å². The average molecular weight is 474 g/mol. The van der Waals surface area contributed by atoms with Crippen LogP contribution in [0.3, 0.4) is 0 Å². The van der Waals surface area contributed by atoms with Crippen LogP contribution < -0.4 is 20.5 Å². The second kappa shape index (κ2) is 9.32. The number of halogens is 4. The molecule has 25 heavy (non-hydrogen) atoms. The van der Waals surface area contributed by atoms with Gasteiger partial charge in [-0.15, -0.1) is 24.0 Å². The molecule has 6 nitrogen and oxygen atoms in total. The molecule has 3 N–H and O–H groups in total. The molecule has 1 heterocycles. The Morgan fingerprint density at radius 3 is 2.60 bits per heavy atom. The first-order valence-corrected chi connectivity index (χ1v) is 7.42. The molecule has 1 aromatic carbocycles. The molecule has 1 atom stereocenters. The Hall–Kier alpha value is -1.43. The molecule has 0 bridgehead atoms. The van der Waals surface area contributed by atoms with Gasteiger partial charge in [-0.1, -0.05) is 0 Å². The summed E-state index contributed by atoms with van der Waals surface area (Å²) in [5.41, 5.74) is 6.50. The van der Waals surface area contributed by atoms with E-state index in [0.717, 1.165) is 0 Å². The van der Waals surface area contributed by atoms with E-state index in [0.29, 0.717) is 30.2 Å². The first-order valence-electron chi connectivity index (χ1n) is 7.42. The van der Waals surface area contributed by atoms with Crippen LogP contribution in [0.25, 0.3) is 0 Å². The number of methoxy groups -OCH3 is 2. The Bertz CT molecular complexity index is 599. The van der Waals surface area contributed by atoms with Gasteiger partial charge in [-0.05, 0) is 18.6 Å². The molecule has 1 unspecified atom stereocenters. The van der Waals surface area contributed by atoms with Crippen LogP contribution in [0.4, 0.5) is 18.9 Å². The lowest BCUT2D eigenvalue weighted by molar-refractivity contribution is -0.143. The molecule has 0 radical (unpaired) electrons. The highest BCUT2D eigenvalue weighted by molar-refractivity contribution is 14.0. The maximum atomic E-state index is 12.4. The number of guanidine groups is 1. The third kappa shape index (κ3) is 6.77. The SMILES string of the molecule is COc1ccc(NC(N)=NC2CCN(CC(F)(F)F)C2)cc1OC.I. The van der Waals surface area contributed by atoms with Crippen molar-refractivity contribution in [2.45, 2.75) is 18.6 Å². The third-order valence-electron chi connectivity index (χ3n) is 3.63. The van der Waals surface area contributed by atoms with Gasteiger partial charge in [-0.25, -0.2) is 4.99 Å². The molecule has 0 aliphatic carbocycles. The van der Waals surface area contributed by atoms with Crippen LogP contribution in [0.15, 0.2) is 23.2 Å². The van der Waals surface area contributed by atoms with Crippen molar-refractivity contribution < 1.29 is 22.6 Å². The van der Waals surface area contributed by atoms with Crippen molar-refractivity contribution in [3.63, 3.8) is 0 Å². The van der Waals surface area contributed by atoms with Crippen molar-refractivity contribution in [2.24, 2.45) is 10.7 Å². The van der Waals surface area contributed by atoms with Crippen molar-refractivity contribution in [1.29, 1.82) is 0 Å². The van der Waals surface area contributed by atoms with Gasteiger partial charge in [0.1, 0.15) is 0 Å². The van der Waals surface area contributed by atoms with E-state index in [1.165, 1.54) is 19.1 Å². The monoisotopic (exact) mass is 474 g/mol. The quantitative estimate of drug-likeness (QED) is 0.390. The highest BCUT2D eigenvalue weighted by Gasteiger charge is 2.34. The van der Waals surface area contributed by atoms with Crippen LogP contribution in [0, 0.1) is 0 Å². The summed E-state index contributed by atoms with van der Waals surface area (Å²) in [6, 6.07) is 4.91. The normalized spacial score (nSPS) is 18.6. The maximum absolute atomic E-state index is 12.4. The maximum Gasteiger partial charge on any atom is 0.401 e. The van der Waals surface area contributed by atoms with E-state index in [1.807, 2.05) is 0 Å². The molecular weight excluding hydrogens is 452 g/mol. The summed E-state index contributed by atoms with van der Waals surface area (Å²) < 4.78 is 47.5. The number of likely N-dealkylation sites (tertiary alicyclic amines) is 1. The molecule has 10 heteroatoms. The zero-order valence-electron chi connectivity index (χ0n) is 14.0. The lowest BCUT2D eigenvalue weighted by atomic mass is 10.2. The Morgan fingerprint density at radius 1 is 1.32 bits per heavy atom. The second-order valence-corrected chi connectivity index (χ2v) is 5.50. The molecule has 0 saturated carbocycles. The zero-order valence-corrected chi connectivity index (χ0v) is 16.3. The number of ether oxygens (including phenoxy) is 2. The predicted octanol–water partition coefficient (Wildman–Crippen LogP) is 2.69. The van der Waals surface area contributed by atoms with E-state index in [2.05, 4.69) is 10.3 Å². The van der Waals surface area contributed by atoms with Crippen LogP contribution in [-0.4, -0.2) is 56.9 Å². The summed E-state index contributed by atoms with van der Waals surface area (Å²) in [7, 11) is 3.06. The van der Waals surface area contributed by atoms with Crippen molar-refractivity contribution in [3.8, 4) is 11.5 Å². The van der Waals surface area contributed by atoms with Crippen LogP contribution in [0.2, 0.25) is 0 Å². The van der Waals surface area contributed by atoms with E-state index < -0.39 is 12.7 Å². The van der Waals surface area contributed by atoms with Crippen LogP contribution in [-0.2, 0) is 0 Å². The van der Waals surface area contributed by atoms with Gasteiger partial charge in [-0.2, -0.15) is 13.2 Å². The molecule has 1 fully saturated rings. The first-order chi connectivity index (χ1) is 11.3. The number of rotatable bonds is 5. The number of anilines is 1. The first kappa shape index (κ1) is 21.6. The van der Waals surface area contributed by atoms with Gasteiger partial charge in [0.15, 0.2) is 17.5 Å². The van der Waals surface area contributed by atoms with Gasteiger partial charge in [0.05, 0.1) is 26.8 Å². The third-order valence-corrected chi connectivity index (χ3v) is 3.63. The Kier molecular flexibility index (Phi) is 8.06. The summed E-state index contributed by atoms with van der Waals surface area (Å²) in [5, 5.41) is 2.91. The molecular formula is C15H22F3IN4O2. The molecule has 0 spiro atoms. The van der Waals surface area contributed by atoms with Crippen LogP contribution in [0.1, 0.15) is 6.42 Å². The van der Waals surface area contributed by atoms with Crippen molar-refractivity contribution in [2.75, 3.05) is 39.2 Å². The Balaban J connectivity index is 0.00000312. The minimum Gasteiger partial charge on any atom is -0.493 e. The lowest BCUT2D eigenvalue weighted by Crippen LogP contribution is -2.33. The number of alkyl halides is 3. The van der Waals surface area contributed by atoms with E-state index >= 15 is 0 Å². The largest absolute Gasteiger partial charge is 0.493 e. The van der Waals surface area contributed by atoms with E-state index in [4.69, 9.17) is 15.2 Å². The lowest BCUT2D eigenvalue weighted by Gasteiger charge is -2.17. The molecule has 2 rings (SSSR count). The summed E-state index contributed by atoms with van der Waals surface area (Å²) in [6.07, 6.45) is -3.65. The summed E-state index contributed by atoms with van der Waals surface area (Å²) >= 11 is 0. The number of hydrogen-bond donors (Lipinski definition) is 2. The van der Waals surface area contributed by atoms with Gasteiger partial charge >= 0.3 is 6.18 Å². The highest BCUT2D eigenvalue weighted by Crippen LogP contribution is 2.29. The minimum absolute atomic E-state index is 0. The zero-order chi connectivity index (χ0) is 17.7. The second-order valence-electron chi connectivity index (χ2n) is 5.50. The Morgan fingerprint density at radius 2 is 2.00 bits per heavy atom. The topological polar surface area (TPSA) is 72.1 Å². The van der Waals surface area contributed by atoms with Gasteiger partial charge in [0, 0.05) is 24.8 Å². The molecule has 1 aliphatic rings.